The molecule has 0 aromatic heterocycles. The molecule has 15 N–H and O–H groups in total. The van der Waals surface area contributed by atoms with E-state index in [4.69, 9.17) is 39.2 Å². The molecule has 4 amide bonds. The first kappa shape index (κ1) is 76.0. The van der Waals surface area contributed by atoms with Crippen LogP contribution in [0.25, 0.3) is 0 Å². The van der Waals surface area contributed by atoms with Crippen LogP contribution in [0.3, 0.4) is 0 Å². The van der Waals surface area contributed by atoms with Gasteiger partial charge >= 0.3 is 17.9 Å². The zero-order valence-corrected chi connectivity index (χ0v) is 56.0. The molecular weight excluding hydrogens is 1210 g/mol. The van der Waals surface area contributed by atoms with Gasteiger partial charge in [-0.15, -0.1) is 6.58 Å². The van der Waals surface area contributed by atoms with Gasteiger partial charge in [-0.05, 0) is 132 Å². The summed E-state index contributed by atoms with van der Waals surface area (Å²) in [5.41, 5.74) is 35.5. The first-order chi connectivity index (χ1) is 40.4. The van der Waals surface area contributed by atoms with Crippen molar-refractivity contribution in [2.75, 3.05) is 164 Å². The van der Waals surface area contributed by atoms with E-state index in [1.54, 1.807) is 29.0 Å². The summed E-state index contributed by atoms with van der Waals surface area (Å²) in [7, 11) is 0. The second-order valence-corrected chi connectivity index (χ2v) is 29.2. The van der Waals surface area contributed by atoms with Crippen LogP contribution in [0.1, 0.15) is 88.2 Å². The maximum atomic E-state index is 13.7. The van der Waals surface area contributed by atoms with E-state index in [9.17, 15) is 19.2 Å². The van der Waals surface area contributed by atoms with Crippen LogP contribution in [0.2, 0.25) is 0 Å². The van der Waals surface area contributed by atoms with Crippen molar-refractivity contribution in [3.63, 3.8) is 0 Å². The van der Waals surface area contributed by atoms with Crippen LogP contribution >= 0.6 is 94.1 Å². The highest BCUT2D eigenvalue weighted by Crippen LogP contribution is 2.18. The van der Waals surface area contributed by atoms with E-state index >= 15 is 0 Å². The number of nitrogens with two attached hydrogens (primary N) is 6. The zero-order valence-electron chi connectivity index (χ0n) is 49.5. The van der Waals surface area contributed by atoms with Gasteiger partial charge in [0.05, 0.1) is 45.5 Å². The number of nitrogens with zero attached hydrogens (tertiary/aromatic N) is 5. The maximum absolute atomic E-state index is 13.7. The predicted molar refractivity (Wildman–Crippen MR) is 367 cm³/mol. The molecule has 472 valence electrons. The molecule has 0 atom stereocenters. The van der Waals surface area contributed by atoms with Gasteiger partial charge in [-0.25, -0.2) is 0 Å². The molecule has 0 fully saturated rings. The average Bonchev–Trinajstić information content (AvgIpc) is 3.51. The third kappa shape index (κ3) is 44.1. The van der Waals surface area contributed by atoms with E-state index in [0.29, 0.717) is 97.7 Å². The van der Waals surface area contributed by atoms with Gasteiger partial charge < -0.3 is 24.4 Å². The number of hydrogen-bond donors (Lipinski definition) is 9. The lowest BCUT2D eigenvalue weighted by molar-refractivity contribution is -0.459. The van der Waals surface area contributed by atoms with Gasteiger partial charge in [0.1, 0.15) is 6.61 Å². The summed E-state index contributed by atoms with van der Waals surface area (Å²) in [6, 6.07) is 8.25. The van der Waals surface area contributed by atoms with Crippen molar-refractivity contribution in [3.05, 3.63) is 48.0 Å². The van der Waals surface area contributed by atoms with E-state index in [-0.39, 0.29) is 41.5 Å². The number of carbonyl (C=O) groups excluding carboxylic acids is 4. The van der Waals surface area contributed by atoms with Crippen LogP contribution in [0, 0.1) is 0 Å². The number of fused-ring (bicyclic) bond motifs is 28. The van der Waals surface area contributed by atoms with Crippen molar-refractivity contribution in [1.82, 2.24) is 19.6 Å². The number of amides is 4. The first-order valence-electron chi connectivity index (χ1n) is 29.3. The van der Waals surface area contributed by atoms with Gasteiger partial charge in [-0.2, -0.15) is 94.1 Å². The Morgan fingerprint density at radius 3 is 1.64 bits per heavy atom. The summed E-state index contributed by atoms with van der Waals surface area (Å²) in [5, 5.41) is 4.20. The lowest BCUT2D eigenvalue weighted by Gasteiger charge is -2.23. The molecule has 1 aromatic rings. The molecule has 2 aliphatic heterocycles. The molecule has 1 aromatic carbocycles. The summed E-state index contributed by atoms with van der Waals surface area (Å²) in [6.45, 7) is 10.7. The Hall–Kier alpha value is -3.08. The topological polar surface area (TPSA) is 301 Å². The molecule has 0 radical (unpaired) electrons. The SMILES string of the molecule is C=CCN(CC[NH+]=C(N)N)C(=O)CCSCCCSCCCN(CC[NH+]=C(N)N)C(=O)CCSCCCSCCCN1Cc2ccc(cc2)/C=N\OCCCSCCCSCCC(=O)N(CC[NH+]=C(N)N)CCCSCCCSCCC1=O. The molecule has 0 saturated heterocycles. The lowest BCUT2D eigenvalue weighted by Crippen LogP contribution is -2.79. The van der Waals surface area contributed by atoms with Crippen molar-refractivity contribution in [3.8, 4) is 0 Å². The minimum absolute atomic E-state index is 0.0986. The van der Waals surface area contributed by atoms with Crippen LogP contribution in [0.4, 0.5) is 0 Å². The average molecular weight is 1310 g/mol. The zero-order chi connectivity index (χ0) is 60.2. The fraction of sp³-hybridized carbons (Fsp3) is 0.714. The van der Waals surface area contributed by atoms with Crippen molar-refractivity contribution in [2.24, 2.45) is 39.6 Å². The Kier molecular flexibility index (Phi) is 48.7. The van der Waals surface area contributed by atoms with Crippen LogP contribution in [0.5, 0.6) is 0 Å². The molecule has 27 heteroatoms. The number of benzene rings is 1. The molecule has 0 spiro atoms. The van der Waals surface area contributed by atoms with E-state index in [2.05, 4.69) is 38.8 Å². The highest BCUT2D eigenvalue weighted by Gasteiger charge is 2.17. The first-order valence-corrected chi connectivity index (χ1v) is 38.6. The molecule has 3 rings (SSSR count). The molecule has 0 saturated carbocycles. The fourth-order valence-corrected chi connectivity index (χ4v) is 15.8. The van der Waals surface area contributed by atoms with Gasteiger partial charge in [0.15, 0.2) is 0 Å². The minimum Gasteiger partial charge on any atom is -0.396 e. The maximum Gasteiger partial charge on any atom is 0.338 e. The molecule has 2 heterocycles. The molecular formula is C56H103N14O5S8+3. The highest BCUT2D eigenvalue weighted by molar-refractivity contribution is 8.01. The fourth-order valence-electron chi connectivity index (χ4n) is 8.01. The van der Waals surface area contributed by atoms with Crippen LogP contribution < -0.4 is 49.4 Å². The molecule has 0 aliphatic carbocycles. The molecule has 2 bridgehead atoms. The summed E-state index contributed by atoms with van der Waals surface area (Å²) >= 11 is 15.0. The lowest BCUT2D eigenvalue weighted by atomic mass is 10.1. The quantitative estimate of drug-likeness (QED) is 0.0202. The van der Waals surface area contributed by atoms with Gasteiger partial charge in [0.2, 0.25) is 23.6 Å². The minimum atomic E-state index is 0.0986. The van der Waals surface area contributed by atoms with Gasteiger partial charge in [0, 0.05) is 81.4 Å². The number of hydrogen-bond acceptors (Lipinski definition) is 14. The van der Waals surface area contributed by atoms with Crippen LogP contribution in [-0.4, -0.2) is 231 Å². The van der Waals surface area contributed by atoms with Crippen molar-refractivity contribution >= 4 is 142 Å². The number of oxime groups is 1. The Bertz CT molecular complexity index is 2000. The van der Waals surface area contributed by atoms with E-state index in [1.807, 2.05) is 109 Å². The van der Waals surface area contributed by atoms with Gasteiger partial charge in [-0.3, -0.25) is 68.6 Å². The monoisotopic (exact) mass is 1310 g/mol. The summed E-state index contributed by atoms with van der Waals surface area (Å²) in [4.78, 5) is 74.9. The number of thioether (sulfide) groups is 8. The molecule has 2 aliphatic rings. The van der Waals surface area contributed by atoms with E-state index in [0.717, 1.165) is 161 Å². The summed E-state index contributed by atoms with van der Waals surface area (Å²) < 4.78 is 0. The smallest absolute Gasteiger partial charge is 0.338 e. The Morgan fingerprint density at radius 1 is 0.578 bits per heavy atom. The Labute approximate surface area is 531 Å². The van der Waals surface area contributed by atoms with E-state index < -0.39 is 0 Å². The van der Waals surface area contributed by atoms with Crippen molar-refractivity contribution < 1.29 is 39.0 Å². The second kappa shape index (κ2) is 53.2. The number of rotatable bonds is 33. The van der Waals surface area contributed by atoms with Crippen molar-refractivity contribution in [2.45, 2.75) is 83.6 Å². The largest absolute Gasteiger partial charge is 0.396 e. The number of carbonyl (C=O) groups is 4. The summed E-state index contributed by atoms with van der Waals surface area (Å²) in [6.07, 6.45) is 13.5. The Balaban J connectivity index is 1.76. The predicted octanol–water partition coefficient (Wildman–Crippen LogP) is 0.660. The summed E-state index contributed by atoms with van der Waals surface area (Å²) in [5.74, 6) is 16.5. The normalized spacial score (nSPS) is 15.7. The standard InChI is InChI=1S/C56H100N14O5S8/c1-2-22-67(26-19-63-54(57)58)50(71)15-42-80-38-7-34-76-30-3-23-68(27-20-64-55(59)60)51(72)16-43-81-39-9-36-78-32-5-25-70-47-49-13-11-48(12-14-49)46-66-75-29-6-33-79-37-10-41-82-44-17-52(73)69(28-21-65-56(61)62)24-4-31-77-35-8-40-83-45-18-53(70)74/h2,11-14,46H,1,3-10,15-45,47H2,(H4,57,58,63)(H4,59,60,64)(H4,61,62,65)/p+3/b66-46-. The van der Waals surface area contributed by atoms with E-state index in [1.165, 1.54) is 0 Å². The third-order valence-electron chi connectivity index (χ3n) is 12.3. The Morgan fingerprint density at radius 2 is 1.06 bits per heavy atom. The number of guanidine groups is 3. The van der Waals surface area contributed by atoms with Gasteiger partial charge in [0.25, 0.3) is 0 Å². The molecule has 83 heavy (non-hydrogen) atoms. The molecule has 0 unspecified atom stereocenters. The van der Waals surface area contributed by atoms with Crippen molar-refractivity contribution in [1.29, 1.82) is 0 Å². The second-order valence-electron chi connectivity index (χ2n) is 19.4. The van der Waals surface area contributed by atoms with Crippen LogP contribution in [0.15, 0.2) is 42.1 Å². The van der Waals surface area contributed by atoms with Crippen LogP contribution in [-0.2, 0) is 30.6 Å². The highest BCUT2D eigenvalue weighted by atomic mass is 32.2. The molecule has 19 nitrogen and oxygen atoms in total. The van der Waals surface area contributed by atoms with Gasteiger partial charge in [-0.1, -0.05) is 35.5 Å². The third-order valence-corrected chi connectivity index (χ3v) is 21.2. The number of nitrogens with one attached hydrogen (secondary N) is 3.